The van der Waals surface area contributed by atoms with Gasteiger partial charge < -0.3 is 15.4 Å². The number of likely N-dealkylation sites (N-methyl/N-ethyl adjacent to an activating group) is 1. The molecule has 20 heavy (non-hydrogen) atoms. The maximum absolute atomic E-state index is 12.3. The lowest BCUT2D eigenvalue weighted by molar-refractivity contribution is -0.148. The minimum Gasteiger partial charge on any atom is -0.464 e. The van der Waals surface area contributed by atoms with Gasteiger partial charge in [-0.05, 0) is 44.6 Å². The Labute approximate surface area is 121 Å². The maximum atomic E-state index is 12.3. The van der Waals surface area contributed by atoms with Gasteiger partial charge in [-0.3, -0.25) is 4.79 Å². The van der Waals surface area contributed by atoms with Gasteiger partial charge in [0.05, 0.1) is 12.6 Å². The first-order valence-corrected chi connectivity index (χ1v) is 7.42. The summed E-state index contributed by atoms with van der Waals surface area (Å²) in [7, 11) is 1.77. The molecule has 5 heteroatoms. The molecule has 1 amide bonds. The van der Waals surface area contributed by atoms with Gasteiger partial charge in [0.2, 0.25) is 5.91 Å². The molecule has 0 radical (unpaired) electrons. The van der Waals surface area contributed by atoms with Crippen LogP contribution in [-0.4, -0.2) is 37.6 Å². The van der Waals surface area contributed by atoms with Gasteiger partial charge in [0.25, 0.3) is 0 Å². The van der Waals surface area contributed by atoms with Crippen LogP contribution in [-0.2, 0) is 14.3 Å². The molecule has 1 saturated carbocycles. The molecule has 2 atom stereocenters. The van der Waals surface area contributed by atoms with Gasteiger partial charge in [-0.2, -0.15) is 0 Å². The molecule has 116 valence electrons. The number of esters is 1. The monoisotopic (exact) mass is 284 g/mol. The van der Waals surface area contributed by atoms with Crippen LogP contribution in [0.2, 0.25) is 0 Å². The van der Waals surface area contributed by atoms with Crippen LogP contribution >= 0.6 is 0 Å². The molecule has 0 aliphatic heterocycles. The van der Waals surface area contributed by atoms with Crippen molar-refractivity contribution < 1.29 is 14.3 Å². The highest BCUT2D eigenvalue weighted by molar-refractivity contribution is 5.88. The van der Waals surface area contributed by atoms with Crippen LogP contribution in [0.5, 0.6) is 0 Å². The van der Waals surface area contributed by atoms with E-state index in [1.54, 1.807) is 14.0 Å². The molecule has 5 nitrogen and oxygen atoms in total. The second-order valence-electron chi connectivity index (χ2n) is 6.68. The summed E-state index contributed by atoms with van der Waals surface area (Å²) in [5.41, 5.74) is 0.0457. The van der Waals surface area contributed by atoms with E-state index in [2.05, 4.69) is 31.4 Å². The van der Waals surface area contributed by atoms with Gasteiger partial charge in [0.15, 0.2) is 0 Å². The zero-order valence-electron chi connectivity index (χ0n) is 13.3. The molecule has 1 fully saturated rings. The first-order valence-electron chi connectivity index (χ1n) is 7.42. The highest BCUT2D eigenvalue weighted by Crippen LogP contribution is 2.33. The normalized spacial score (nSPS) is 18.2. The third-order valence-corrected chi connectivity index (χ3v) is 3.41. The molecule has 1 rings (SSSR count). The summed E-state index contributed by atoms with van der Waals surface area (Å²) in [6, 6.07) is -0.774. The average molecular weight is 284 g/mol. The average Bonchev–Trinajstić information content (AvgIpc) is 3.15. The van der Waals surface area contributed by atoms with Crippen LogP contribution in [0.25, 0.3) is 0 Å². The third-order valence-electron chi connectivity index (χ3n) is 3.41. The van der Waals surface area contributed by atoms with Gasteiger partial charge in [-0.25, -0.2) is 4.79 Å². The van der Waals surface area contributed by atoms with E-state index in [0.29, 0.717) is 6.61 Å². The van der Waals surface area contributed by atoms with Gasteiger partial charge in [-0.1, -0.05) is 20.8 Å². The fraction of sp³-hybridized carbons (Fsp3) is 0.867. The fourth-order valence-corrected chi connectivity index (χ4v) is 2.22. The standard InChI is InChI=1S/C15H28N2O3/c1-6-20-14(19)12(10-7-8-10)17-13(18)11(16-5)9-15(2,3)4/h10-12,16H,6-9H2,1-5H3,(H,17,18). The van der Waals surface area contributed by atoms with Crippen molar-refractivity contribution in [2.75, 3.05) is 13.7 Å². The highest BCUT2D eigenvalue weighted by Gasteiger charge is 2.39. The number of hydrogen-bond acceptors (Lipinski definition) is 4. The van der Waals surface area contributed by atoms with Crippen molar-refractivity contribution in [2.24, 2.45) is 11.3 Å². The Bertz CT molecular complexity index is 346. The van der Waals surface area contributed by atoms with Crippen LogP contribution in [0.3, 0.4) is 0 Å². The molecule has 1 aliphatic rings. The molecule has 0 heterocycles. The lowest BCUT2D eigenvalue weighted by atomic mass is 9.87. The van der Waals surface area contributed by atoms with Crippen molar-refractivity contribution in [1.29, 1.82) is 0 Å². The van der Waals surface area contributed by atoms with Crippen molar-refractivity contribution >= 4 is 11.9 Å². The molecule has 0 aromatic carbocycles. The summed E-state index contributed by atoms with van der Waals surface area (Å²) in [4.78, 5) is 24.2. The quantitative estimate of drug-likeness (QED) is 0.695. The minimum atomic E-state index is -0.488. The van der Waals surface area contributed by atoms with Crippen LogP contribution < -0.4 is 10.6 Å². The second-order valence-corrected chi connectivity index (χ2v) is 6.68. The Balaban J connectivity index is 2.62. The molecular formula is C15H28N2O3. The predicted molar refractivity (Wildman–Crippen MR) is 78.2 cm³/mol. The number of hydrogen-bond donors (Lipinski definition) is 2. The number of carbonyl (C=O) groups is 2. The zero-order valence-corrected chi connectivity index (χ0v) is 13.3. The van der Waals surface area contributed by atoms with E-state index in [0.717, 1.165) is 19.3 Å². The van der Waals surface area contributed by atoms with Gasteiger partial charge in [0.1, 0.15) is 6.04 Å². The molecule has 2 N–H and O–H groups in total. The number of carbonyl (C=O) groups excluding carboxylic acids is 2. The maximum Gasteiger partial charge on any atom is 0.328 e. The van der Waals surface area contributed by atoms with E-state index < -0.39 is 6.04 Å². The van der Waals surface area contributed by atoms with Crippen molar-refractivity contribution in [1.82, 2.24) is 10.6 Å². The number of nitrogens with one attached hydrogen (secondary N) is 2. The van der Waals surface area contributed by atoms with E-state index in [9.17, 15) is 9.59 Å². The second kappa shape index (κ2) is 7.07. The lowest BCUT2D eigenvalue weighted by Gasteiger charge is -2.26. The molecule has 0 aromatic heterocycles. The van der Waals surface area contributed by atoms with Crippen molar-refractivity contribution in [3.63, 3.8) is 0 Å². The summed E-state index contributed by atoms with van der Waals surface area (Å²) >= 11 is 0. The Morgan fingerprint density at radius 3 is 2.30 bits per heavy atom. The molecule has 0 bridgehead atoms. The van der Waals surface area contributed by atoms with Crippen LogP contribution in [0.1, 0.15) is 47.0 Å². The predicted octanol–water partition coefficient (Wildman–Crippen LogP) is 1.47. The Morgan fingerprint density at radius 1 is 1.30 bits per heavy atom. The SMILES string of the molecule is CCOC(=O)C(NC(=O)C(CC(C)(C)C)NC)C1CC1. The summed E-state index contributed by atoms with van der Waals surface area (Å²) in [5, 5.41) is 5.89. The summed E-state index contributed by atoms with van der Waals surface area (Å²) in [6.45, 7) is 8.39. The van der Waals surface area contributed by atoms with E-state index >= 15 is 0 Å². The first-order chi connectivity index (χ1) is 9.28. The Kier molecular flexibility index (Phi) is 5.99. The topological polar surface area (TPSA) is 67.4 Å². The smallest absolute Gasteiger partial charge is 0.328 e. The molecule has 1 aliphatic carbocycles. The van der Waals surface area contributed by atoms with E-state index in [1.165, 1.54) is 0 Å². The van der Waals surface area contributed by atoms with E-state index in [-0.39, 0.29) is 29.3 Å². The zero-order chi connectivity index (χ0) is 15.3. The summed E-state index contributed by atoms with van der Waals surface area (Å²) < 4.78 is 5.05. The van der Waals surface area contributed by atoms with E-state index in [4.69, 9.17) is 4.74 Å². The number of rotatable bonds is 7. The van der Waals surface area contributed by atoms with Crippen LogP contribution in [0.4, 0.5) is 0 Å². The van der Waals surface area contributed by atoms with Crippen molar-refractivity contribution in [2.45, 2.75) is 59.0 Å². The summed E-state index contributed by atoms with van der Waals surface area (Å²) in [5.74, 6) is -0.188. The number of ether oxygens (including phenoxy) is 1. The summed E-state index contributed by atoms with van der Waals surface area (Å²) in [6.07, 6.45) is 2.68. The van der Waals surface area contributed by atoms with Crippen molar-refractivity contribution in [3.8, 4) is 0 Å². The fourth-order valence-electron chi connectivity index (χ4n) is 2.22. The number of amides is 1. The highest BCUT2D eigenvalue weighted by atomic mass is 16.5. The van der Waals surface area contributed by atoms with Gasteiger partial charge >= 0.3 is 5.97 Å². The lowest BCUT2D eigenvalue weighted by Crippen LogP contribution is -2.51. The van der Waals surface area contributed by atoms with Gasteiger partial charge in [0, 0.05) is 0 Å². The van der Waals surface area contributed by atoms with Crippen LogP contribution in [0, 0.1) is 11.3 Å². The largest absolute Gasteiger partial charge is 0.464 e. The van der Waals surface area contributed by atoms with Crippen LogP contribution in [0.15, 0.2) is 0 Å². The molecular weight excluding hydrogens is 256 g/mol. The Morgan fingerprint density at radius 2 is 1.90 bits per heavy atom. The minimum absolute atomic E-state index is 0.0457. The van der Waals surface area contributed by atoms with Gasteiger partial charge in [-0.15, -0.1) is 0 Å². The van der Waals surface area contributed by atoms with Crippen molar-refractivity contribution in [3.05, 3.63) is 0 Å². The Hall–Kier alpha value is -1.10. The molecule has 2 unspecified atom stereocenters. The molecule has 0 aromatic rings. The van der Waals surface area contributed by atoms with E-state index in [1.807, 2.05) is 0 Å². The molecule has 0 spiro atoms. The molecule has 0 saturated heterocycles. The first kappa shape index (κ1) is 17.0. The third kappa shape index (κ3) is 5.49.